The van der Waals surface area contributed by atoms with E-state index < -0.39 is 0 Å². The number of hydrogen-bond acceptors (Lipinski definition) is 4. The van der Waals surface area contributed by atoms with E-state index >= 15 is 0 Å². The van der Waals surface area contributed by atoms with Crippen molar-refractivity contribution >= 4 is 22.7 Å². The first-order valence-electron chi connectivity index (χ1n) is 12.1. The smallest absolute Gasteiger partial charge is 0.254 e. The normalized spacial score (nSPS) is 26.0. The van der Waals surface area contributed by atoms with Crippen LogP contribution >= 0.6 is 0 Å². The van der Waals surface area contributed by atoms with Crippen molar-refractivity contribution in [3.05, 3.63) is 36.0 Å². The molecule has 2 amide bonds. The van der Waals surface area contributed by atoms with E-state index in [-0.39, 0.29) is 29.5 Å². The van der Waals surface area contributed by atoms with Crippen LogP contribution in [-0.4, -0.2) is 77.2 Å². The molecule has 1 atom stereocenters. The molecule has 4 heterocycles. The molecule has 1 aromatic heterocycles. The summed E-state index contributed by atoms with van der Waals surface area (Å²) in [6.45, 7) is 3.43. The number of carbonyl (C=O) groups is 2. The topological polar surface area (TPSA) is 74.9 Å². The highest BCUT2D eigenvalue weighted by Gasteiger charge is 2.63. The lowest BCUT2D eigenvalue weighted by Crippen LogP contribution is -2.79. The second-order valence-electron chi connectivity index (χ2n) is 9.85. The molecule has 7 heteroatoms. The molecule has 1 saturated carbocycles. The number of nitrogens with one attached hydrogen (secondary N) is 1. The minimum absolute atomic E-state index is 0.0787. The number of hydrogen-bond donors (Lipinski definition) is 1. The van der Waals surface area contributed by atoms with E-state index in [0.29, 0.717) is 38.8 Å². The Labute approximate surface area is 188 Å². The van der Waals surface area contributed by atoms with Gasteiger partial charge >= 0.3 is 0 Å². The van der Waals surface area contributed by atoms with Gasteiger partial charge in [0.2, 0.25) is 0 Å². The Bertz CT molecular complexity index is 1020. The number of piperidine rings is 1. The molecule has 7 nitrogen and oxygen atoms in total. The lowest BCUT2D eigenvalue weighted by molar-refractivity contribution is -0.219. The molecule has 3 saturated heterocycles. The summed E-state index contributed by atoms with van der Waals surface area (Å²) in [4.78, 5) is 33.7. The van der Waals surface area contributed by atoms with E-state index in [1.54, 1.807) is 0 Å². The molecule has 1 aliphatic carbocycles. The number of aromatic amines is 1. The first-order chi connectivity index (χ1) is 15.7. The Kier molecular flexibility index (Phi) is 4.99. The Balaban J connectivity index is 1.14. The predicted molar refractivity (Wildman–Crippen MR) is 119 cm³/mol. The van der Waals surface area contributed by atoms with Crippen LogP contribution in [0.25, 0.3) is 10.9 Å². The quantitative estimate of drug-likeness (QED) is 0.730. The van der Waals surface area contributed by atoms with Gasteiger partial charge < -0.3 is 24.3 Å². The van der Waals surface area contributed by atoms with Crippen LogP contribution in [0.15, 0.2) is 30.5 Å². The average molecular weight is 438 g/mol. The molecule has 32 heavy (non-hydrogen) atoms. The maximum atomic E-state index is 13.2. The number of H-pyrrole nitrogens is 1. The van der Waals surface area contributed by atoms with E-state index in [9.17, 15) is 9.59 Å². The summed E-state index contributed by atoms with van der Waals surface area (Å²) < 4.78 is 11.8. The summed E-state index contributed by atoms with van der Waals surface area (Å²) in [6, 6.07) is 7.96. The van der Waals surface area contributed by atoms with Crippen molar-refractivity contribution < 1.29 is 19.1 Å². The molecule has 1 spiro atoms. The summed E-state index contributed by atoms with van der Waals surface area (Å²) in [6.07, 6.45) is 7.35. The van der Waals surface area contributed by atoms with Crippen LogP contribution in [0.4, 0.5) is 0 Å². The summed E-state index contributed by atoms with van der Waals surface area (Å²) in [5, 5.41) is 0.967. The van der Waals surface area contributed by atoms with Crippen LogP contribution < -0.4 is 0 Å². The van der Waals surface area contributed by atoms with Crippen molar-refractivity contribution in [1.82, 2.24) is 14.8 Å². The fourth-order valence-electron chi connectivity index (χ4n) is 5.92. The molecule has 0 radical (unpaired) electrons. The predicted octanol–water partition coefficient (Wildman–Crippen LogP) is 2.96. The number of rotatable bonds is 5. The molecule has 170 valence electrons. The molecule has 2 aromatic rings. The molecule has 4 aliphatic rings. The number of benzene rings is 1. The minimum Gasteiger partial charge on any atom is -0.381 e. The van der Waals surface area contributed by atoms with Crippen molar-refractivity contribution in [2.45, 2.75) is 56.2 Å². The van der Waals surface area contributed by atoms with Gasteiger partial charge in [-0.3, -0.25) is 9.59 Å². The number of likely N-dealkylation sites (tertiary alicyclic amines) is 2. The summed E-state index contributed by atoms with van der Waals surface area (Å²) in [5.41, 5.74) is 1.52. The zero-order chi connectivity index (χ0) is 21.7. The van der Waals surface area contributed by atoms with Gasteiger partial charge in [-0.15, -0.1) is 0 Å². The zero-order valence-corrected chi connectivity index (χ0v) is 18.4. The van der Waals surface area contributed by atoms with Crippen LogP contribution in [0.1, 0.15) is 48.9 Å². The molecule has 6 rings (SSSR count). The fourth-order valence-corrected chi connectivity index (χ4v) is 5.92. The van der Waals surface area contributed by atoms with Crippen molar-refractivity contribution in [2.75, 3.05) is 32.9 Å². The molecule has 4 fully saturated rings. The van der Waals surface area contributed by atoms with E-state index in [0.717, 1.165) is 42.1 Å². The van der Waals surface area contributed by atoms with Gasteiger partial charge in [0.1, 0.15) is 0 Å². The largest absolute Gasteiger partial charge is 0.381 e. The number of carbonyl (C=O) groups excluding carboxylic acids is 2. The van der Waals surface area contributed by atoms with E-state index in [4.69, 9.17) is 9.47 Å². The van der Waals surface area contributed by atoms with Gasteiger partial charge in [0.05, 0.1) is 12.1 Å². The second-order valence-corrected chi connectivity index (χ2v) is 9.85. The van der Waals surface area contributed by atoms with Crippen LogP contribution in [0, 0.1) is 5.92 Å². The van der Waals surface area contributed by atoms with Crippen molar-refractivity contribution in [1.29, 1.82) is 0 Å². The van der Waals surface area contributed by atoms with Crippen LogP contribution in [0.5, 0.6) is 0 Å². The average Bonchev–Trinajstić information content (AvgIpc) is 3.52. The third kappa shape index (κ3) is 3.25. The van der Waals surface area contributed by atoms with Gasteiger partial charge in [0.15, 0.2) is 6.10 Å². The SMILES string of the molecule is O=C(c1cccc2[nH]ccc12)N1CCC(N2C(=O)C(OCC3CC3)C23CCOCC3)CC1. The van der Waals surface area contributed by atoms with Gasteiger partial charge in [-0.05, 0) is 62.6 Å². The number of ether oxygens (including phenoxy) is 2. The maximum Gasteiger partial charge on any atom is 0.254 e. The van der Waals surface area contributed by atoms with Gasteiger partial charge in [0.25, 0.3) is 11.8 Å². The number of aromatic nitrogens is 1. The van der Waals surface area contributed by atoms with E-state index in [1.165, 1.54) is 12.8 Å². The Hall–Kier alpha value is -2.38. The maximum absolute atomic E-state index is 13.2. The van der Waals surface area contributed by atoms with E-state index in [1.807, 2.05) is 35.4 Å². The van der Waals surface area contributed by atoms with Crippen LogP contribution in [0.2, 0.25) is 0 Å². The third-order valence-corrected chi connectivity index (χ3v) is 7.93. The number of fused-ring (bicyclic) bond motifs is 1. The van der Waals surface area contributed by atoms with Crippen molar-refractivity contribution in [3.8, 4) is 0 Å². The number of amides is 2. The number of nitrogens with zero attached hydrogens (tertiary/aromatic N) is 2. The first-order valence-corrected chi connectivity index (χ1v) is 12.1. The van der Waals surface area contributed by atoms with Gasteiger partial charge in [0, 0.05) is 55.0 Å². The monoisotopic (exact) mass is 437 g/mol. The first kappa shape index (κ1) is 20.2. The minimum atomic E-state index is -0.308. The Morgan fingerprint density at radius 3 is 2.66 bits per heavy atom. The lowest BCUT2D eigenvalue weighted by Gasteiger charge is -2.62. The number of β-lactam (4-membered cyclic amide) rings is 1. The van der Waals surface area contributed by atoms with Crippen molar-refractivity contribution in [3.63, 3.8) is 0 Å². The highest BCUT2D eigenvalue weighted by atomic mass is 16.5. The molecule has 1 unspecified atom stereocenters. The molecule has 0 bridgehead atoms. The fraction of sp³-hybridized carbons (Fsp3) is 0.600. The summed E-state index contributed by atoms with van der Waals surface area (Å²) in [7, 11) is 0. The molecule has 1 aromatic carbocycles. The van der Waals surface area contributed by atoms with Gasteiger partial charge in [-0.2, -0.15) is 0 Å². The Morgan fingerprint density at radius 2 is 1.91 bits per heavy atom. The zero-order valence-electron chi connectivity index (χ0n) is 18.4. The van der Waals surface area contributed by atoms with Gasteiger partial charge in [-0.1, -0.05) is 6.07 Å². The van der Waals surface area contributed by atoms with Crippen LogP contribution in [-0.2, 0) is 14.3 Å². The molecule has 3 aliphatic heterocycles. The summed E-state index contributed by atoms with van der Waals surface area (Å²) in [5.74, 6) is 0.872. The Morgan fingerprint density at radius 1 is 1.12 bits per heavy atom. The molecular weight excluding hydrogens is 406 g/mol. The third-order valence-electron chi connectivity index (χ3n) is 7.93. The van der Waals surface area contributed by atoms with E-state index in [2.05, 4.69) is 9.88 Å². The van der Waals surface area contributed by atoms with Crippen molar-refractivity contribution in [2.24, 2.45) is 5.92 Å². The highest BCUT2D eigenvalue weighted by Crippen LogP contribution is 2.46. The molecule has 1 N–H and O–H groups in total. The van der Waals surface area contributed by atoms with Gasteiger partial charge in [-0.25, -0.2) is 0 Å². The second kappa shape index (κ2) is 7.89. The van der Waals surface area contributed by atoms with Crippen LogP contribution in [0.3, 0.4) is 0 Å². The molecular formula is C25H31N3O4. The highest BCUT2D eigenvalue weighted by molar-refractivity contribution is 6.06. The standard InChI is InChI=1S/C25H31N3O4/c29-23(20-2-1-3-21-19(20)6-11-26-21)27-12-7-18(8-13-27)28-24(30)22(32-16-17-4-5-17)25(28)9-14-31-15-10-25/h1-3,6,11,17-18,22,26H,4-5,7-10,12-16H2. The lowest BCUT2D eigenvalue weighted by atomic mass is 9.72. The summed E-state index contributed by atoms with van der Waals surface area (Å²) >= 11 is 0.